The zero-order valence-electron chi connectivity index (χ0n) is 19.0. The first-order valence-electron chi connectivity index (χ1n) is 11.7. The average Bonchev–Trinajstić information content (AvgIpc) is 2.85. The highest BCUT2D eigenvalue weighted by Crippen LogP contribution is 2.25. The third-order valence-corrected chi connectivity index (χ3v) is 6.66. The molecule has 0 aromatic heterocycles. The van der Waals surface area contributed by atoms with Crippen LogP contribution in [0.5, 0.6) is 0 Å². The quantitative estimate of drug-likeness (QED) is 0.415. The van der Waals surface area contributed by atoms with Crippen LogP contribution in [0.3, 0.4) is 0 Å². The molecule has 3 aliphatic rings. The van der Waals surface area contributed by atoms with Crippen molar-refractivity contribution in [3.63, 3.8) is 0 Å². The summed E-state index contributed by atoms with van der Waals surface area (Å²) < 4.78 is 5.43. The topological polar surface area (TPSA) is 74.2 Å². The lowest BCUT2D eigenvalue weighted by Crippen LogP contribution is -2.47. The van der Waals surface area contributed by atoms with Crippen LogP contribution in [0.4, 0.5) is 0 Å². The van der Waals surface area contributed by atoms with Crippen molar-refractivity contribution < 1.29 is 14.3 Å². The first kappa shape index (κ1) is 24.6. The summed E-state index contributed by atoms with van der Waals surface area (Å²) in [5.41, 5.74) is 2.72. The van der Waals surface area contributed by atoms with E-state index in [1.165, 1.54) is 0 Å². The maximum atomic E-state index is 13.2. The third-order valence-electron chi connectivity index (χ3n) is 6.11. The molecule has 1 N–H and O–H groups in total. The van der Waals surface area contributed by atoms with Gasteiger partial charge in [0, 0.05) is 43.3 Å². The predicted molar refractivity (Wildman–Crippen MR) is 137 cm³/mol. The summed E-state index contributed by atoms with van der Waals surface area (Å²) in [5, 5.41) is 3.90. The number of benzene rings is 1. The van der Waals surface area contributed by atoms with Gasteiger partial charge in [-0.2, -0.15) is 0 Å². The largest absolute Gasteiger partial charge is 0.378 e. The van der Waals surface area contributed by atoms with E-state index in [4.69, 9.17) is 28.6 Å². The van der Waals surface area contributed by atoms with Crippen molar-refractivity contribution in [2.75, 3.05) is 32.8 Å². The highest BCUT2D eigenvalue weighted by molar-refractivity contribution is 7.80. The minimum atomic E-state index is -0.396. The molecular weight excluding hydrogens is 472 g/mol. The van der Waals surface area contributed by atoms with Gasteiger partial charge >= 0.3 is 0 Å². The number of amides is 2. The molecule has 2 aliphatic heterocycles. The summed E-state index contributed by atoms with van der Waals surface area (Å²) in [4.78, 5) is 33.6. The first-order chi connectivity index (χ1) is 16.5. The number of aliphatic imine (C=N–C) groups is 1. The van der Waals surface area contributed by atoms with E-state index in [9.17, 15) is 9.59 Å². The van der Waals surface area contributed by atoms with Gasteiger partial charge in [-0.05, 0) is 61.0 Å². The Balaban J connectivity index is 1.21. The Bertz CT molecular complexity index is 1030. The van der Waals surface area contributed by atoms with Crippen LogP contribution in [0.1, 0.15) is 31.2 Å². The molecule has 180 valence electrons. The second-order valence-electron chi connectivity index (χ2n) is 8.53. The van der Waals surface area contributed by atoms with Gasteiger partial charge in [-0.1, -0.05) is 30.2 Å². The lowest BCUT2D eigenvalue weighted by Gasteiger charge is -2.35. The Labute approximate surface area is 210 Å². The number of allylic oxidation sites excluding steroid dienone is 2. The lowest BCUT2D eigenvalue weighted by molar-refractivity contribution is -0.128. The Kier molecular flexibility index (Phi) is 8.48. The van der Waals surface area contributed by atoms with Gasteiger partial charge in [0.25, 0.3) is 0 Å². The van der Waals surface area contributed by atoms with E-state index in [1.54, 1.807) is 4.90 Å². The minimum absolute atomic E-state index is 0.00793. The minimum Gasteiger partial charge on any atom is -0.378 e. The highest BCUT2D eigenvalue weighted by atomic mass is 35.5. The number of morpholine rings is 1. The van der Waals surface area contributed by atoms with Crippen molar-refractivity contribution in [3.8, 4) is 0 Å². The fourth-order valence-corrected chi connectivity index (χ4v) is 4.73. The molecule has 1 saturated heterocycles. The number of ether oxygens (including phenoxy) is 1. The summed E-state index contributed by atoms with van der Waals surface area (Å²) in [5.74, 6) is -0.412. The van der Waals surface area contributed by atoms with Crippen LogP contribution in [0.15, 0.2) is 53.2 Å². The number of hydrogen-bond donors (Lipinski definition) is 1. The van der Waals surface area contributed by atoms with E-state index in [0.29, 0.717) is 48.6 Å². The number of nitrogens with zero attached hydrogens (tertiary/aromatic N) is 3. The van der Waals surface area contributed by atoms with Gasteiger partial charge in [0.05, 0.1) is 18.9 Å². The molecule has 4 rings (SSSR count). The van der Waals surface area contributed by atoms with Gasteiger partial charge < -0.3 is 15.0 Å². The Morgan fingerprint density at radius 2 is 2.03 bits per heavy atom. The number of unbranched alkanes of at least 4 members (excludes halogenated alkanes) is 2. The molecule has 7 nitrogen and oxygen atoms in total. The number of fused-ring (bicyclic) bond motifs is 1. The number of thiocarbonyl (C=S) groups is 1. The van der Waals surface area contributed by atoms with E-state index in [2.05, 4.69) is 15.2 Å². The van der Waals surface area contributed by atoms with Crippen LogP contribution in [0.2, 0.25) is 5.02 Å². The van der Waals surface area contributed by atoms with Crippen molar-refractivity contribution in [1.82, 2.24) is 15.1 Å². The molecule has 2 heterocycles. The lowest BCUT2D eigenvalue weighted by atomic mass is 9.93. The zero-order valence-corrected chi connectivity index (χ0v) is 20.6. The van der Waals surface area contributed by atoms with Crippen LogP contribution in [-0.2, 0) is 20.9 Å². The van der Waals surface area contributed by atoms with Crippen molar-refractivity contribution in [2.45, 2.75) is 32.2 Å². The number of nitrogens with one attached hydrogen (secondary N) is 1. The van der Waals surface area contributed by atoms with Gasteiger partial charge in [0.1, 0.15) is 5.92 Å². The summed E-state index contributed by atoms with van der Waals surface area (Å²) in [6, 6.07) is 7.45. The summed E-state index contributed by atoms with van der Waals surface area (Å²) in [6.07, 6.45) is 8.68. The standard InChI is InChI=1S/C25H29ClN4O3S/c26-19-6-4-5-18(15-19)17-27-23(31)7-2-1-3-10-30-24(32)21-16-20(29-11-13-33-14-12-29)8-9-22(21)28-25(30)34/h4-6,8-9,15-16,21H,1-3,7,10-14,17H2,(H,27,31). The van der Waals surface area contributed by atoms with Crippen molar-refractivity contribution in [1.29, 1.82) is 0 Å². The molecule has 1 unspecified atom stereocenters. The molecule has 2 amide bonds. The molecule has 1 atom stereocenters. The first-order valence-corrected chi connectivity index (χ1v) is 12.5. The third kappa shape index (κ3) is 6.31. The van der Waals surface area contributed by atoms with Crippen molar-refractivity contribution >= 4 is 46.5 Å². The molecule has 9 heteroatoms. The Morgan fingerprint density at radius 3 is 2.82 bits per heavy atom. The summed E-state index contributed by atoms with van der Waals surface area (Å²) in [7, 11) is 0. The molecule has 0 spiro atoms. The maximum absolute atomic E-state index is 13.2. The molecule has 1 aromatic carbocycles. The van der Waals surface area contributed by atoms with Crippen LogP contribution >= 0.6 is 23.8 Å². The van der Waals surface area contributed by atoms with Gasteiger partial charge in [-0.15, -0.1) is 0 Å². The normalized spacial score (nSPS) is 20.1. The fraction of sp³-hybridized carbons (Fsp3) is 0.440. The van der Waals surface area contributed by atoms with Gasteiger partial charge in [-0.3, -0.25) is 14.5 Å². The monoisotopic (exact) mass is 500 g/mol. The van der Waals surface area contributed by atoms with E-state index in [0.717, 1.165) is 43.6 Å². The molecular formula is C25H29ClN4O3S. The van der Waals surface area contributed by atoms with Crippen molar-refractivity contribution in [3.05, 3.63) is 58.8 Å². The molecule has 1 fully saturated rings. The van der Waals surface area contributed by atoms with E-state index < -0.39 is 5.92 Å². The summed E-state index contributed by atoms with van der Waals surface area (Å²) >= 11 is 11.4. The molecule has 0 bridgehead atoms. The van der Waals surface area contributed by atoms with Gasteiger partial charge in [-0.25, -0.2) is 4.99 Å². The second-order valence-corrected chi connectivity index (χ2v) is 9.33. The molecule has 0 saturated carbocycles. The highest BCUT2D eigenvalue weighted by Gasteiger charge is 2.35. The van der Waals surface area contributed by atoms with Crippen LogP contribution in [-0.4, -0.2) is 65.3 Å². The number of carbonyl (C=O) groups is 2. The van der Waals surface area contributed by atoms with Crippen molar-refractivity contribution in [2.24, 2.45) is 10.9 Å². The SMILES string of the molecule is O=C(CCCCCN1C(=O)C2C=C(N3CCOCC3)C=CC2=NC1=S)NCc1cccc(Cl)c1. The Morgan fingerprint density at radius 1 is 1.21 bits per heavy atom. The zero-order chi connectivity index (χ0) is 23.9. The van der Waals surface area contributed by atoms with Crippen LogP contribution in [0.25, 0.3) is 0 Å². The number of hydrogen-bond acceptors (Lipinski definition) is 5. The van der Waals surface area contributed by atoms with Crippen LogP contribution < -0.4 is 5.32 Å². The van der Waals surface area contributed by atoms with E-state index in [1.807, 2.05) is 42.5 Å². The number of rotatable bonds is 9. The van der Waals surface area contributed by atoms with Crippen LogP contribution in [0, 0.1) is 5.92 Å². The molecule has 0 radical (unpaired) electrons. The molecule has 1 aliphatic carbocycles. The second kappa shape index (κ2) is 11.7. The van der Waals surface area contributed by atoms with Gasteiger partial charge in [0.2, 0.25) is 16.9 Å². The van der Waals surface area contributed by atoms with E-state index in [-0.39, 0.29) is 11.8 Å². The Hall–Kier alpha value is -2.55. The average molecular weight is 501 g/mol. The van der Waals surface area contributed by atoms with E-state index >= 15 is 0 Å². The summed E-state index contributed by atoms with van der Waals surface area (Å²) in [6.45, 7) is 4.00. The van der Waals surface area contributed by atoms with Gasteiger partial charge in [0.15, 0.2) is 0 Å². The number of halogens is 1. The molecule has 34 heavy (non-hydrogen) atoms. The predicted octanol–water partition coefficient (Wildman–Crippen LogP) is 3.49. The maximum Gasteiger partial charge on any atom is 0.241 e. The molecule has 1 aromatic rings. The number of carbonyl (C=O) groups excluding carboxylic acids is 2. The fourth-order valence-electron chi connectivity index (χ4n) is 4.23. The smallest absolute Gasteiger partial charge is 0.241 e.